The molecular formula is C9H13Cl2N2O5S2+. The largest absolute Gasteiger partial charge is 0.458 e. The summed E-state index contributed by atoms with van der Waals surface area (Å²) in [5.41, 5.74) is 5.92. The highest BCUT2D eigenvalue weighted by molar-refractivity contribution is 7.85. The number of nitrogens with two attached hydrogens (primary N) is 1. The highest BCUT2D eigenvalue weighted by Gasteiger charge is 2.09. The number of benzene rings is 1. The molecule has 0 aromatic heterocycles. The first kappa shape index (κ1) is 19.1. The van der Waals surface area contributed by atoms with Crippen LogP contribution in [0.1, 0.15) is 0 Å². The van der Waals surface area contributed by atoms with Gasteiger partial charge < -0.3 is 5.73 Å². The van der Waals surface area contributed by atoms with Gasteiger partial charge in [0.2, 0.25) is 0 Å². The number of halogens is 2. The van der Waals surface area contributed by atoms with Crippen LogP contribution in [0.5, 0.6) is 0 Å². The molecule has 0 aliphatic rings. The maximum absolute atomic E-state index is 10.1. The molecule has 0 amide bonds. The van der Waals surface area contributed by atoms with Crippen molar-refractivity contribution in [1.82, 2.24) is 0 Å². The number of anilines is 1. The average molecular weight is 364 g/mol. The Morgan fingerprint density at radius 2 is 1.90 bits per heavy atom. The van der Waals surface area contributed by atoms with Crippen molar-refractivity contribution in [3.63, 3.8) is 0 Å². The maximum atomic E-state index is 10.1. The van der Waals surface area contributed by atoms with Gasteiger partial charge in [0.05, 0.1) is 10.7 Å². The molecule has 0 heterocycles. The molecule has 0 spiro atoms. The monoisotopic (exact) mass is 363 g/mol. The van der Waals surface area contributed by atoms with Crippen LogP contribution in [0.15, 0.2) is 18.2 Å². The van der Waals surface area contributed by atoms with Crippen LogP contribution < -0.4 is 5.73 Å². The summed E-state index contributed by atoms with van der Waals surface area (Å²) in [7, 11) is -5.30. The number of rotatable bonds is 3. The summed E-state index contributed by atoms with van der Waals surface area (Å²) in [6, 6.07) is 4.98. The number of hydrogen-bond acceptors (Lipinski definition) is 5. The van der Waals surface area contributed by atoms with E-state index in [4.69, 9.17) is 33.5 Å². The lowest BCUT2D eigenvalue weighted by atomic mass is 10.3. The fourth-order valence-electron chi connectivity index (χ4n) is 0.833. The Labute approximate surface area is 128 Å². The first-order valence-electron chi connectivity index (χ1n) is 4.99. The van der Waals surface area contributed by atoms with Crippen LogP contribution in [0, 0.1) is 0 Å². The summed E-state index contributed by atoms with van der Waals surface area (Å²) >= 11 is 11.2. The standard InChI is InChI=1S/C6H5Cl2N.C3H7NO5S2/c7-4-1-2-5(8)6(9)3-4;1-4(10(5)6)2-3-11(7,8)9/h1-3H,9H2;2-3H2,1H3/p+1. The van der Waals surface area contributed by atoms with Crippen molar-refractivity contribution in [1.29, 1.82) is 0 Å². The minimum absolute atomic E-state index is 0.241. The molecule has 0 bridgehead atoms. The van der Waals surface area contributed by atoms with Gasteiger partial charge in [-0.15, -0.1) is 12.4 Å². The molecule has 0 aliphatic heterocycles. The molecule has 1 aromatic rings. The molecule has 7 nitrogen and oxygen atoms in total. The molecule has 3 N–H and O–H groups in total. The summed E-state index contributed by atoms with van der Waals surface area (Å²) in [6.07, 6.45) is 0. The molecule has 11 heteroatoms. The Balaban J connectivity index is 0.000000367. The lowest BCUT2D eigenvalue weighted by Gasteiger charge is -1.95. The zero-order valence-corrected chi connectivity index (χ0v) is 13.5. The van der Waals surface area contributed by atoms with Crippen molar-refractivity contribution in [2.24, 2.45) is 0 Å². The van der Waals surface area contributed by atoms with Gasteiger partial charge in [-0.1, -0.05) is 23.2 Å². The SMILES string of the molecule is C[N+](CCS(=O)(=O)O)=S(=O)=O.Nc1cc(Cl)ccc1Cl. The second-order valence-electron chi connectivity index (χ2n) is 3.52. The average Bonchev–Trinajstić information content (AvgIpc) is 2.31. The molecule has 20 heavy (non-hydrogen) atoms. The summed E-state index contributed by atoms with van der Waals surface area (Å²) < 4.78 is 49.3. The number of nitrogens with zero attached hydrogens (tertiary/aromatic N) is 1. The molecule has 1 rings (SSSR count). The molecule has 0 saturated carbocycles. The third-order valence-corrected chi connectivity index (χ3v) is 3.85. The molecule has 0 aliphatic carbocycles. The molecule has 0 unspecified atom stereocenters. The molecule has 1 aromatic carbocycles. The van der Waals surface area contributed by atoms with Crippen molar-refractivity contribution in [3.05, 3.63) is 28.2 Å². The highest BCUT2D eigenvalue weighted by atomic mass is 35.5. The van der Waals surface area contributed by atoms with E-state index in [1.807, 2.05) is 0 Å². The topological polar surface area (TPSA) is 118 Å². The lowest BCUT2D eigenvalue weighted by molar-refractivity contribution is -0.466. The van der Waals surface area contributed by atoms with Gasteiger partial charge in [-0.2, -0.15) is 8.42 Å². The van der Waals surface area contributed by atoms with Crippen molar-refractivity contribution in [2.75, 3.05) is 25.1 Å². The first-order chi connectivity index (χ1) is 9.03. The van der Waals surface area contributed by atoms with Crippen molar-refractivity contribution < 1.29 is 25.3 Å². The maximum Gasteiger partial charge on any atom is 0.458 e. The zero-order chi connectivity index (χ0) is 15.9. The van der Waals surface area contributed by atoms with Crippen LogP contribution >= 0.6 is 23.2 Å². The zero-order valence-electron chi connectivity index (χ0n) is 10.3. The molecule has 0 atom stereocenters. The quantitative estimate of drug-likeness (QED) is 0.472. The fraction of sp³-hybridized carbons (Fsp3) is 0.333. The van der Waals surface area contributed by atoms with E-state index in [2.05, 4.69) is 0 Å². The van der Waals surface area contributed by atoms with E-state index in [1.165, 1.54) is 7.05 Å². The van der Waals surface area contributed by atoms with Crippen LogP contribution in [0.3, 0.4) is 0 Å². The molecule has 0 radical (unpaired) electrons. The van der Waals surface area contributed by atoms with E-state index in [-0.39, 0.29) is 6.54 Å². The normalized spacial score (nSPS) is 10.4. The second kappa shape index (κ2) is 8.42. The predicted molar refractivity (Wildman–Crippen MR) is 77.3 cm³/mol. The number of nitrogen functional groups attached to an aromatic ring is 1. The predicted octanol–water partition coefficient (Wildman–Crippen LogP) is 1.15. The van der Waals surface area contributed by atoms with Gasteiger partial charge in [-0.05, 0) is 18.2 Å². The summed E-state index contributed by atoms with van der Waals surface area (Å²) in [4.78, 5) is 0. The van der Waals surface area contributed by atoms with E-state index < -0.39 is 26.4 Å². The van der Waals surface area contributed by atoms with Gasteiger partial charge in [0.15, 0.2) is 13.6 Å². The molecule has 0 saturated heterocycles. The van der Waals surface area contributed by atoms with Crippen LogP contribution in [0.4, 0.5) is 5.69 Å². The van der Waals surface area contributed by atoms with Gasteiger partial charge in [0.25, 0.3) is 10.1 Å². The van der Waals surface area contributed by atoms with Crippen LogP contribution in [0.25, 0.3) is 0 Å². The Hall–Kier alpha value is -0.870. The lowest BCUT2D eigenvalue weighted by Crippen LogP contribution is -2.16. The summed E-state index contributed by atoms with van der Waals surface area (Å²) in [5, 5.41) is 1.15. The minimum Gasteiger partial charge on any atom is -0.397 e. The fourth-order valence-corrected chi connectivity index (χ4v) is 1.99. The van der Waals surface area contributed by atoms with Crippen molar-refractivity contribution in [3.8, 4) is 0 Å². The highest BCUT2D eigenvalue weighted by Crippen LogP contribution is 2.21. The van der Waals surface area contributed by atoms with E-state index in [0.29, 0.717) is 15.7 Å². The first-order valence-corrected chi connectivity index (χ1v) is 8.39. The Kier molecular flexibility index (Phi) is 8.06. The van der Waals surface area contributed by atoms with E-state index >= 15 is 0 Å². The summed E-state index contributed by atoms with van der Waals surface area (Å²) in [6.45, 7) is -0.241. The smallest absolute Gasteiger partial charge is 0.397 e. The van der Waals surface area contributed by atoms with E-state index in [1.54, 1.807) is 18.2 Å². The van der Waals surface area contributed by atoms with E-state index in [9.17, 15) is 16.8 Å². The van der Waals surface area contributed by atoms with Gasteiger partial charge in [-0.25, -0.2) is 0 Å². The second-order valence-corrected chi connectivity index (χ2v) is 6.99. The van der Waals surface area contributed by atoms with Crippen LogP contribution in [0.2, 0.25) is 10.0 Å². The van der Waals surface area contributed by atoms with Gasteiger partial charge in [-0.3, -0.25) is 4.55 Å². The van der Waals surface area contributed by atoms with Crippen molar-refractivity contribution >= 4 is 49.5 Å². The Bertz CT molecular complexity index is 693. The molecule has 114 valence electrons. The number of hydrogen-bond donors (Lipinski definition) is 2. The minimum atomic E-state index is -4.07. The summed E-state index contributed by atoms with van der Waals surface area (Å²) in [5.74, 6) is -0.586. The van der Waals surface area contributed by atoms with Gasteiger partial charge >= 0.3 is 10.5 Å². The molecule has 0 fully saturated rings. The van der Waals surface area contributed by atoms with Gasteiger partial charge in [0.1, 0.15) is 5.75 Å². The van der Waals surface area contributed by atoms with Crippen LogP contribution in [-0.2, 0) is 20.6 Å². The van der Waals surface area contributed by atoms with Crippen molar-refractivity contribution in [2.45, 2.75) is 0 Å². The Morgan fingerprint density at radius 1 is 1.35 bits per heavy atom. The van der Waals surface area contributed by atoms with E-state index in [0.717, 1.165) is 3.95 Å². The van der Waals surface area contributed by atoms with Gasteiger partial charge in [0, 0.05) is 5.02 Å². The third-order valence-electron chi connectivity index (χ3n) is 1.88. The third kappa shape index (κ3) is 9.10. The van der Waals surface area contributed by atoms with Crippen LogP contribution in [-0.4, -0.2) is 44.7 Å². The molecular weight excluding hydrogens is 351 g/mol. The Morgan fingerprint density at radius 3 is 2.25 bits per heavy atom.